The van der Waals surface area contributed by atoms with Gasteiger partial charge >= 0.3 is 0 Å². The van der Waals surface area contributed by atoms with Crippen molar-refractivity contribution >= 4 is 5.84 Å². The Hall–Kier alpha value is -1.07. The molecule has 5 nitrogen and oxygen atoms in total. The van der Waals surface area contributed by atoms with E-state index >= 15 is 0 Å². The van der Waals surface area contributed by atoms with Gasteiger partial charge in [-0.2, -0.15) is 0 Å². The Morgan fingerprint density at radius 3 is 2.87 bits per heavy atom. The third-order valence-electron chi connectivity index (χ3n) is 2.28. The lowest BCUT2D eigenvalue weighted by molar-refractivity contribution is 0.0375. The first kappa shape index (κ1) is 12.0. The van der Waals surface area contributed by atoms with Gasteiger partial charge in [0.05, 0.1) is 13.2 Å². The van der Waals surface area contributed by atoms with Crippen LogP contribution in [0.2, 0.25) is 0 Å². The summed E-state index contributed by atoms with van der Waals surface area (Å²) in [6.45, 7) is 5.83. The second-order valence-corrected chi connectivity index (χ2v) is 3.55. The molecule has 0 aromatic carbocycles. The van der Waals surface area contributed by atoms with Crippen molar-refractivity contribution in [3.05, 3.63) is 12.3 Å². The van der Waals surface area contributed by atoms with Crippen LogP contribution in [0.3, 0.4) is 0 Å². The Labute approximate surface area is 90.8 Å². The van der Waals surface area contributed by atoms with Crippen molar-refractivity contribution in [2.45, 2.75) is 6.42 Å². The third kappa shape index (κ3) is 6.09. The molecule has 0 unspecified atom stereocenters. The minimum absolute atomic E-state index is 0.0793. The lowest BCUT2D eigenvalue weighted by Gasteiger charge is -2.26. The van der Waals surface area contributed by atoms with Crippen molar-refractivity contribution in [2.75, 3.05) is 39.4 Å². The summed E-state index contributed by atoms with van der Waals surface area (Å²) < 4.78 is 5.26. The summed E-state index contributed by atoms with van der Waals surface area (Å²) in [6.07, 6.45) is 4.37. The molecule has 0 aliphatic carbocycles. The van der Waals surface area contributed by atoms with Crippen molar-refractivity contribution in [3.8, 4) is 0 Å². The molecule has 4 N–H and O–H groups in total. The minimum atomic E-state index is 0.0793. The first-order valence-electron chi connectivity index (χ1n) is 5.33. The predicted octanol–water partition coefficient (Wildman–Crippen LogP) is -0.252. The van der Waals surface area contributed by atoms with E-state index in [1.54, 1.807) is 12.3 Å². The van der Waals surface area contributed by atoms with Crippen molar-refractivity contribution < 1.29 is 4.74 Å². The Kier molecular flexibility index (Phi) is 5.80. The second-order valence-electron chi connectivity index (χ2n) is 3.55. The molecule has 0 bridgehead atoms. The van der Waals surface area contributed by atoms with Gasteiger partial charge in [0.25, 0.3) is 0 Å². The van der Waals surface area contributed by atoms with Crippen molar-refractivity contribution in [3.63, 3.8) is 0 Å². The molecule has 1 fully saturated rings. The minimum Gasteiger partial charge on any atom is -0.391 e. The first-order chi connectivity index (χ1) is 7.29. The number of rotatable bonds is 6. The normalized spacial score (nSPS) is 18.1. The van der Waals surface area contributed by atoms with Crippen LogP contribution in [-0.4, -0.2) is 50.1 Å². The standard InChI is InChI=1S/C10H20N4O/c11-10(12)2-4-13-3-1-5-14-6-8-15-9-7-14/h2,4,13H,1,3,5-9H2,(H3,11,12)/b4-2-. The number of nitrogens with two attached hydrogens (primary N) is 1. The van der Waals surface area contributed by atoms with Crippen molar-refractivity contribution in [2.24, 2.45) is 5.73 Å². The molecule has 15 heavy (non-hydrogen) atoms. The Balaban J connectivity index is 1.94. The van der Waals surface area contributed by atoms with Gasteiger partial charge in [-0.3, -0.25) is 10.3 Å². The summed E-state index contributed by atoms with van der Waals surface area (Å²) >= 11 is 0. The molecule has 0 aromatic rings. The van der Waals surface area contributed by atoms with Crippen LogP contribution in [0.1, 0.15) is 6.42 Å². The molecule has 1 saturated heterocycles. The number of nitrogens with zero attached hydrogens (tertiary/aromatic N) is 1. The predicted molar refractivity (Wildman–Crippen MR) is 60.9 cm³/mol. The highest BCUT2D eigenvalue weighted by Crippen LogP contribution is 1.96. The van der Waals surface area contributed by atoms with Gasteiger partial charge in [-0.1, -0.05) is 0 Å². The molecule has 0 aromatic heterocycles. The van der Waals surface area contributed by atoms with E-state index in [-0.39, 0.29) is 5.84 Å². The van der Waals surface area contributed by atoms with E-state index in [1.165, 1.54) is 0 Å². The third-order valence-corrected chi connectivity index (χ3v) is 2.28. The van der Waals surface area contributed by atoms with E-state index < -0.39 is 0 Å². The molecule has 1 rings (SSSR count). The number of ether oxygens (including phenoxy) is 1. The molecule has 0 radical (unpaired) electrons. The number of morpholine rings is 1. The molecule has 1 heterocycles. The van der Waals surface area contributed by atoms with Crippen LogP contribution in [0.5, 0.6) is 0 Å². The van der Waals surface area contributed by atoms with Crippen LogP contribution in [0.4, 0.5) is 0 Å². The van der Waals surface area contributed by atoms with E-state index in [4.69, 9.17) is 15.9 Å². The maximum atomic E-state index is 6.96. The summed E-state index contributed by atoms with van der Waals surface area (Å²) in [5.41, 5.74) is 5.16. The van der Waals surface area contributed by atoms with E-state index in [2.05, 4.69) is 10.2 Å². The van der Waals surface area contributed by atoms with Crippen LogP contribution in [0.25, 0.3) is 0 Å². The summed E-state index contributed by atoms with van der Waals surface area (Å²) in [5, 5.41) is 10.1. The van der Waals surface area contributed by atoms with E-state index in [9.17, 15) is 0 Å². The van der Waals surface area contributed by atoms with Gasteiger partial charge in [0.2, 0.25) is 0 Å². The molecular weight excluding hydrogens is 192 g/mol. The average Bonchev–Trinajstić information content (AvgIpc) is 2.24. The van der Waals surface area contributed by atoms with Gasteiger partial charge in [0, 0.05) is 25.8 Å². The summed E-state index contributed by atoms with van der Waals surface area (Å²) in [5.74, 6) is 0.0793. The summed E-state index contributed by atoms with van der Waals surface area (Å²) in [6, 6.07) is 0. The van der Waals surface area contributed by atoms with Crippen LogP contribution in [0, 0.1) is 5.41 Å². The van der Waals surface area contributed by atoms with Gasteiger partial charge in [0.1, 0.15) is 5.84 Å². The zero-order chi connectivity index (χ0) is 10.9. The lowest BCUT2D eigenvalue weighted by atomic mass is 10.3. The maximum absolute atomic E-state index is 6.96. The van der Waals surface area contributed by atoms with Crippen LogP contribution in [-0.2, 0) is 4.74 Å². The fourth-order valence-corrected chi connectivity index (χ4v) is 1.46. The molecular formula is C10H20N4O. The van der Waals surface area contributed by atoms with E-state index in [0.717, 1.165) is 45.8 Å². The number of hydrogen-bond acceptors (Lipinski definition) is 4. The van der Waals surface area contributed by atoms with Crippen LogP contribution in [0.15, 0.2) is 12.3 Å². The number of hydrogen-bond donors (Lipinski definition) is 3. The Bertz CT molecular complexity index is 211. The highest BCUT2D eigenvalue weighted by atomic mass is 16.5. The van der Waals surface area contributed by atoms with Gasteiger partial charge in [0.15, 0.2) is 0 Å². The van der Waals surface area contributed by atoms with E-state index in [1.807, 2.05) is 0 Å². The van der Waals surface area contributed by atoms with Gasteiger partial charge in [-0.15, -0.1) is 0 Å². The second kappa shape index (κ2) is 7.25. The molecule has 0 spiro atoms. The van der Waals surface area contributed by atoms with Crippen LogP contribution >= 0.6 is 0 Å². The Morgan fingerprint density at radius 1 is 1.47 bits per heavy atom. The van der Waals surface area contributed by atoms with E-state index in [0.29, 0.717) is 0 Å². The molecule has 0 atom stereocenters. The highest BCUT2D eigenvalue weighted by Gasteiger charge is 2.08. The molecule has 0 saturated carbocycles. The molecule has 0 amide bonds. The Morgan fingerprint density at radius 2 is 2.20 bits per heavy atom. The van der Waals surface area contributed by atoms with Crippen LogP contribution < -0.4 is 11.1 Å². The molecule has 86 valence electrons. The summed E-state index contributed by atoms with van der Waals surface area (Å²) in [7, 11) is 0. The molecule has 1 aliphatic rings. The average molecular weight is 212 g/mol. The fourth-order valence-electron chi connectivity index (χ4n) is 1.46. The number of nitrogens with one attached hydrogen (secondary N) is 2. The SMILES string of the molecule is N=C(N)/C=C\NCCCN1CCOCC1. The van der Waals surface area contributed by atoms with Crippen molar-refractivity contribution in [1.29, 1.82) is 5.41 Å². The lowest BCUT2D eigenvalue weighted by Crippen LogP contribution is -2.37. The molecule has 5 heteroatoms. The topological polar surface area (TPSA) is 74.4 Å². The van der Waals surface area contributed by atoms with Gasteiger partial charge < -0.3 is 15.8 Å². The van der Waals surface area contributed by atoms with Crippen molar-refractivity contribution in [1.82, 2.24) is 10.2 Å². The quantitative estimate of drug-likeness (QED) is 0.322. The van der Waals surface area contributed by atoms with Gasteiger partial charge in [-0.05, 0) is 19.0 Å². The zero-order valence-corrected chi connectivity index (χ0v) is 9.04. The summed E-state index contributed by atoms with van der Waals surface area (Å²) in [4.78, 5) is 2.40. The maximum Gasteiger partial charge on any atom is 0.116 e. The highest BCUT2D eigenvalue weighted by molar-refractivity contribution is 5.88. The zero-order valence-electron chi connectivity index (χ0n) is 9.04. The smallest absolute Gasteiger partial charge is 0.116 e. The first-order valence-corrected chi connectivity index (χ1v) is 5.33. The largest absolute Gasteiger partial charge is 0.391 e. The fraction of sp³-hybridized carbons (Fsp3) is 0.700. The number of amidine groups is 1. The van der Waals surface area contributed by atoms with Gasteiger partial charge in [-0.25, -0.2) is 0 Å². The molecule has 1 aliphatic heterocycles. The monoisotopic (exact) mass is 212 g/mol.